The molecule has 0 aliphatic carbocycles. The molecule has 31 heavy (non-hydrogen) atoms. The molecule has 0 saturated carbocycles. The quantitative estimate of drug-likeness (QED) is 0.546. The summed E-state index contributed by atoms with van der Waals surface area (Å²) in [6.07, 6.45) is 5.07. The summed E-state index contributed by atoms with van der Waals surface area (Å²) in [4.78, 5) is 6.64. The van der Waals surface area contributed by atoms with E-state index in [-0.39, 0.29) is 0 Å². The molecule has 1 aliphatic heterocycles. The van der Waals surface area contributed by atoms with Gasteiger partial charge in [-0.25, -0.2) is 4.99 Å². The van der Waals surface area contributed by atoms with Gasteiger partial charge >= 0.3 is 0 Å². The standard InChI is InChI=1S/C25H26N4O2/c1-19(28-22-8-10-23(11-9-22)29-14-17-30-18-15-29)27-13-12-24(26)20-4-6-21(7-5-20)25-3-2-16-31-25/h2-13,16,28H,1,14-15,17-18,26H2/b24-12-,27-13-. The van der Waals surface area contributed by atoms with E-state index in [4.69, 9.17) is 14.9 Å². The Balaban J connectivity index is 1.31. The minimum atomic E-state index is 0.538. The maximum absolute atomic E-state index is 6.17. The van der Waals surface area contributed by atoms with E-state index in [0.717, 1.165) is 48.9 Å². The maximum Gasteiger partial charge on any atom is 0.133 e. The molecule has 2 heterocycles. The number of hydrogen-bond donors (Lipinski definition) is 2. The van der Waals surface area contributed by atoms with Gasteiger partial charge in [-0.05, 0) is 48.0 Å². The smallest absolute Gasteiger partial charge is 0.133 e. The van der Waals surface area contributed by atoms with Crippen LogP contribution in [0.2, 0.25) is 0 Å². The molecular formula is C25H26N4O2. The van der Waals surface area contributed by atoms with E-state index in [2.05, 4.69) is 33.9 Å². The minimum absolute atomic E-state index is 0.538. The van der Waals surface area contributed by atoms with Gasteiger partial charge in [-0.15, -0.1) is 0 Å². The monoisotopic (exact) mass is 414 g/mol. The first-order valence-electron chi connectivity index (χ1n) is 10.2. The average molecular weight is 415 g/mol. The van der Waals surface area contributed by atoms with Crippen molar-refractivity contribution >= 4 is 23.3 Å². The van der Waals surface area contributed by atoms with Crippen molar-refractivity contribution in [3.05, 3.63) is 91.0 Å². The van der Waals surface area contributed by atoms with Crippen LogP contribution in [0.3, 0.4) is 0 Å². The van der Waals surface area contributed by atoms with E-state index in [1.165, 1.54) is 5.69 Å². The number of hydrogen-bond acceptors (Lipinski definition) is 6. The molecule has 0 radical (unpaired) electrons. The van der Waals surface area contributed by atoms with Crippen molar-refractivity contribution < 1.29 is 9.15 Å². The summed E-state index contributed by atoms with van der Waals surface area (Å²) in [6.45, 7) is 7.34. The van der Waals surface area contributed by atoms with Gasteiger partial charge < -0.3 is 25.1 Å². The first-order chi connectivity index (χ1) is 15.2. The van der Waals surface area contributed by atoms with Gasteiger partial charge in [0.1, 0.15) is 11.6 Å². The fraction of sp³-hybridized carbons (Fsp3) is 0.160. The van der Waals surface area contributed by atoms with Gasteiger partial charge in [0, 0.05) is 41.9 Å². The lowest BCUT2D eigenvalue weighted by molar-refractivity contribution is 0.122. The van der Waals surface area contributed by atoms with Crippen molar-refractivity contribution in [1.29, 1.82) is 0 Å². The highest BCUT2D eigenvalue weighted by atomic mass is 16.5. The zero-order valence-corrected chi connectivity index (χ0v) is 17.3. The van der Waals surface area contributed by atoms with Crippen LogP contribution >= 0.6 is 0 Å². The first kappa shape index (κ1) is 20.5. The van der Waals surface area contributed by atoms with Crippen LogP contribution in [-0.4, -0.2) is 32.5 Å². The predicted octanol–water partition coefficient (Wildman–Crippen LogP) is 4.74. The normalized spacial score (nSPS) is 14.7. The van der Waals surface area contributed by atoms with E-state index in [1.807, 2.05) is 48.5 Å². The molecule has 158 valence electrons. The molecule has 3 N–H and O–H groups in total. The summed E-state index contributed by atoms with van der Waals surface area (Å²) in [6, 6.07) is 19.9. The number of anilines is 2. The van der Waals surface area contributed by atoms with Crippen LogP contribution in [0.4, 0.5) is 11.4 Å². The van der Waals surface area contributed by atoms with Crippen LogP contribution in [0, 0.1) is 0 Å². The third-order valence-electron chi connectivity index (χ3n) is 5.04. The first-order valence-corrected chi connectivity index (χ1v) is 10.2. The number of morpholine rings is 1. The fourth-order valence-corrected chi connectivity index (χ4v) is 3.35. The second-order valence-electron chi connectivity index (χ2n) is 7.17. The third kappa shape index (κ3) is 5.43. The second-order valence-corrected chi connectivity index (χ2v) is 7.17. The second kappa shape index (κ2) is 9.82. The van der Waals surface area contributed by atoms with Crippen LogP contribution in [0.5, 0.6) is 0 Å². The van der Waals surface area contributed by atoms with E-state index < -0.39 is 0 Å². The fourth-order valence-electron chi connectivity index (χ4n) is 3.35. The number of furan rings is 1. The Morgan fingerprint density at radius 3 is 2.45 bits per heavy atom. The van der Waals surface area contributed by atoms with Gasteiger partial charge in [0.05, 0.1) is 19.5 Å². The van der Waals surface area contributed by atoms with Crippen LogP contribution in [0.25, 0.3) is 17.0 Å². The van der Waals surface area contributed by atoms with Crippen molar-refractivity contribution in [2.45, 2.75) is 0 Å². The molecule has 1 aliphatic rings. The molecule has 0 spiro atoms. The largest absolute Gasteiger partial charge is 0.464 e. The van der Waals surface area contributed by atoms with E-state index >= 15 is 0 Å². The lowest BCUT2D eigenvalue weighted by atomic mass is 10.1. The number of benzene rings is 2. The van der Waals surface area contributed by atoms with Gasteiger partial charge in [0.2, 0.25) is 0 Å². The van der Waals surface area contributed by atoms with Gasteiger partial charge in [-0.2, -0.15) is 0 Å². The summed E-state index contributed by atoms with van der Waals surface area (Å²) < 4.78 is 10.8. The highest BCUT2D eigenvalue weighted by molar-refractivity contribution is 5.84. The van der Waals surface area contributed by atoms with E-state index in [9.17, 15) is 0 Å². The number of nitrogens with zero attached hydrogens (tertiary/aromatic N) is 2. The number of allylic oxidation sites excluding steroid dienone is 1. The summed E-state index contributed by atoms with van der Waals surface area (Å²) in [5, 5.41) is 3.19. The lowest BCUT2D eigenvalue weighted by Gasteiger charge is -2.28. The average Bonchev–Trinajstić information content (AvgIpc) is 3.35. The molecular weight excluding hydrogens is 388 g/mol. The van der Waals surface area contributed by atoms with Crippen LogP contribution in [-0.2, 0) is 4.74 Å². The van der Waals surface area contributed by atoms with E-state index in [1.54, 1.807) is 18.6 Å². The molecule has 6 heteroatoms. The number of nitrogens with one attached hydrogen (secondary N) is 1. The zero-order valence-electron chi connectivity index (χ0n) is 17.3. The van der Waals surface area contributed by atoms with Crippen LogP contribution < -0.4 is 16.0 Å². The number of rotatable bonds is 7. The Hall–Kier alpha value is -3.77. The zero-order chi connectivity index (χ0) is 21.5. The maximum atomic E-state index is 6.17. The highest BCUT2D eigenvalue weighted by Crippen LogP contribution is 2.22. The van der Waals surface area contributed by atoms with Crippen molar-refractivity contribution in [3.8, 4) is 11.3 Å². The number of ether oxygens (including phenoxy) is 1. The van der Waals surface area contributed by atoms with Gasteiger partial charge in [0.25, 0.3) is 0 Å². The van der Waals surface area contributed by atoms with Crippen molar-refractivity contribution in [2.75, 3.05) is 36.5 Å². The molecule has 4 rings (SSSR count). The molecule has 1 saturated heterocycles. The number of nitrogens with two attached hydrogens (primary N) is 1. The summed E-state index contributed by atoms with van der Waals surface area (Å²) in [7, 11) is 0. The molecule has 0 bridgehead atoms. The van der Waals surface area contributed by atoms with Crippen LogP contribution in [0.15, 0.2) is 94.8 Å². The van der Waals surface area contributed by atoms with E-state index in [0.29, 0.717) is 11.5 Å². The summed E-state index contributed by atoms with van der Waals surface area (Å²) >= 11 is 0. The predicted molar refractivity (Wildman–Crippen MR) is 127 cm³/mol. The Morgan fingerprint density at radius 2 is 1.77 bits per heavy atom. The highest BCUT2D eigenvalue weighted by Gasteiger charge is 2.10. The van der Waals surface area contributed by atoms with Crippen LogP contribution in [0.1, 0.15) is 5.56 Å². The third-order valence-corrected chi connectivity index (χ3v) is 5.04. The molecule has 0 unspecified atom stereocenters. The molecule has 2 aromatic carbocycles. The Labute approximate surface area is 182 Å². The molecule has 1 fully saturated rings. The summed E-state index contributed by atoms with van der Waals surface area (Å²) in [5.41, 5.74) is 10.8. The topological polar surface area (TPSA) is 76.0 Å². The van der Waals surface area contributed by atoms with Crippen molar-refractivity contribution in [2.24, 2.45) is 10.7 Å². The molecule has 0 amide bonds. The molecule has 1 aromatic heterocycles. The molecule has 6 nitrogen and oxygen atoms in total. The SMILES string of the molecule is C=C(/N=C\C=C(/N)c1ccc(-c2ccco2)cc1)Nc1ccc(N2CCOCC2)cc1. The number of aliphatic imine (C=N–C) groups is 1. The Morgan fingerprint density at radius 1 is 1.03 bits per heavy atom. The molecule has 3 aromatic rings. The van der Waals surface area contributed by atoms with Crippen molar-refractivity contribution in [1.82, 2.24) is 0 Å². The Bertz CT molecular complexity index is 1050. The summed E-state index contributed by atoms with van der Waals surface area (Å²) in [5.74, 6) is 1.37. The van der Waals surface area contributed by atoms with Crippen molar-refractivity contribution in [3.63, 3.8) is 0 Å². The van der Waals surface area contributed by atoms with Gasteiger partial charge in [0.15, 0.2) is 0 Å². The van der Waals surface area contributed by atoms with Gasteiger partial charge in [-0.3, -0.25) is 0 Å². The van der Waals surface area contributed by atoms with Gasteiger partial charge in [-0.1, -0.05) is 30.8 Å². The lowest BCUT2D eigenvalue weighted by Crippen LogP contribution is -2.36. The Kier molecular flexibility index (Phi) is 6.50. The minimum Gasteiger partial charge on any atom is -0.464 e. The molecule has 0 atom stereocenters.